The third kappa shape index (κ3) is 3.46. The van der Waals surface area contributed by atoms with Crippen LogP contribution in [0.25, 0.3) is 0 Å². The fraction of sp³-hybridized carbons (Fsp3) is 0.318. The first-order valence-electron chi connectivity index (χ1n) is 9.07. The average molecular weight is 404 g/mol. The molecule has 4 rings (SSSR count). The minimum absolute atomic E-state index is 0. The van der Waals surface area contributed by atoms with Gasteiger partial charge in [0.1, 0.15) is 0 Å². The first-order chi connectivity index (χ1) is 13.0. The number of anilines is 1. The van der Waals surface area contributed by atoms with E-state index in [0.29, 0.717) is 29.6 Å². The first-order valence-corrected chi connectivity index (χ1v) is 9.83. The molecule has 0 radical (unpaired) electrons. The number of carbonyl (C=O) groups excluding carboxylic acids is 1. The summed E-state index contributed by atoms with van der Waals surface area (Å²) in [7, 11) is 0. The van der Waals surface area contributed by atoms with Crippen LogP contribution in [0.4, 0.5) is 5.69 Å². The van der Waals surface area contributed by atoms with E-state index in [1.54, 1.807) is 6.07 Å². The maximum absolute atomic E-state index is 12.4. The maximum atomic E-state index is 12.4. The summed E-state index contributed by atoms with van der Waals surface area (Å²) in [5.41, 5.74) is 3.83. The summed E-state index contributed by atoms with van der Waals surface area (Å²) in [4.78, 5) is 12.4. The largest absolute Gasteiger partial charge is 0.465 e. The van der Waals surface area contributed by atoms with Crippen molar-refractivity contribution in [3.63, 3.8) is 0 Å². The predicted octanol–water partition coefficient (Wildman–Crippen LogP) is 5.90. The second-order valence-electron chi connectivity index (χ2n) is 7.52. The fourth-order valence-electron chi connectivity index (χ4n) is 4.25. The lowest BCUT2D eigenvalue weighted by atomic mass is 9.75. The van der Waals surface area contributed by atoms with Crippen LogP contribution in [0.15, 0.2) is 54.6 Å². The van der Waals surface area contributed by atoms with Gasteiger partial charge in [-0.3, -0.25) is 4.79 Å². The third-order valence-electron chi connectivity index (χ3n) is 5.69. The van der Waals surface area contributed by atoms with Crippen molar-refractivity contribution in [1.82, 2.24) is 0 Å². The van der Waals surface area contributed by atoms with Crippen molar-refractivity contribution in [2.45, 2.75) is 25.8 Å². The van der Waals surface area contributed by atoms with Gasteiger partial charge < -0.3 is 10.1 Å². The highest BCUT2D eigenvalue weighted by molar-refractivity contribution is 6.42. The van der Waals surface area contributed by atoms with Gasteiger partial charge in [0.25, 0.3) is 0 Å². The number of nitrogens with one attached hydrogen (secondary N) is 1. The number of carbonyl (C=O) groups is 1. The summed E-state index contributed by atoms with van der Waals surface area (Å²) in [6, 6.07) is 13.8. The van der Waals surface area contributed by atoms with E-state index in [4.69, 9.17) is 27.9 Å². The van der Waals surface area contributed by atoms with Crippen molar-refractivity contribution >= 4 is 34.9 Å². The molecule has 142 valence electrons. The van der Waals surface area contributed by atoms with E-state index in [1.165, 1.54) is 0 Å². The van der Waals surface area contributed by atoms with Crippen LogP contribution in [-0.2, 0) is 22.5 Å². The number of esters is 1. The summed E-state index contributed by atoms with van der Waals surface area (Å²) in [5, 5.41) is 4.50. The number of hydrogen-bond acceptors (Lipinski definition) is 3. The number of halogens is 2. The van der Waals surface area contributed by atoms with Gasteiger partial charge in [-0.2, -0.15) is 0 Å². The second-order valence-corrected chi connectivity index (χ2v) is 8.31. The normalized spacial score (nSPS) is 24.0. The highest BCUT2D eigenvalue weighted by Crippen LogP contribution is 2.52. The molecule has 1 heterocycles. The van der Waals surface area contributed by atoms with E-state index in [1.807, 2.05) is 24.3 Å². The van der Waals surface area contributed by atoms with Crippen molar-refractivity contribution in [3.8, 4) is 0 Å². The standard InChI is InChI=1S/C22H21Cl2NO2.H2/c1-14-9-17-13-27-21(26)22(17,10-14)11-15-5-7-18(8-6-15)25-12-16-3-2-4-19(23)20(16)24;/h2-8,17,25H,1,9-13H2;1H. The highest BCUT2D eigenvalue weighted by atomic mass is 35.5. The SMILES string of the molecule is C=C1CC2COC(=O)C2(Cc2ccc(NCc3cccc(Cl)c3Cl)cc2)C1.[HH]. The molecule has 0 spiro atoms. The molecule has 2 aromatic carbocycles. The molecule has 2 aromatic rings. The Morgan fingerprint density at radius 3 is 2.78 bits per heavy atom. The van der Waals surface area contributed by atoms with Crippen molar-refractivity contribution in [1.29, 1.82) is 0 Å². The molecule has 0 bridgehead atoms. The molecule has 1 aliphatic heterocycles. The van der Waals surface area contributed by atoms with Gasteiger partial charge in [0.05, 0.1) is 22.1 Å². The van der Waals surface area contributed by atoms with Crippen LogP contribution in [0.2, 0.25) is 10.0 Å². The Kier molecular flexibility index (Phi) is 4.92. The van der Waals surface area contributed by atoms with Crippen molar-refractivity contribution in [3.05, 3.63) is 75.8 Å². The van der Waals surface area contributed by atoms with E-state index in [2.05, 4.69) is 24.0 Å². The molecule has 2 unspecified atom stereocenters. The highest BCUT2D eigenvalue weighted by Gasteiger charge is 2.55. The Labute approximate surface area is 170 Å². The topological polar surface area (TPSA) is 38.3 Å². The van der Waals surface area contributed by atoms with E-state index in [9.17, 15) is 4.79 Å². The number of allylic oxidation sites excluding steroid dienone is 1. The Bertz CT molecular complexity index is 900. The number of fused-ring (bicyclic) bond motifs is 1. The molecule has 0 aromatic heterocycles. The molecule has 2 fully saturated rings. The van der Waals surface area contributed by atoms with Crippen LogP contribution >= 0.6 is 23.2 Å². The summed E-state index contributed by atoms with van der Waals surface area (Å²) in [6.45, 7) is 5.22. The van der Waals surface area contributed by atoms with Gasteiger partial charge in [-0.1, -0.05) is 59.6 Å². The predicted molar refractivity (Wildman–Crippen MR) is 111 cm³/mol. The number of rotatable bonds is 5. The lowest BCUT2D eigenvalue weighted by molar-refractivity contribution is -0.146. The molecular formula is C22H23Cl2NO2. The summed E-state index contributed by atoms with van der Waals surface area (Å²) >= 11 is 12.3. The summed E-state index contributed by atoms with van der Waals surface area (Å²) in [6.07, 6.45) is 2.34. The number of cyclic esters (lactones) is 1. The van der Waals surface area contributed by atoms with E-state index < -0.39 is 5.41 Å². The molecule has 5 heteroatoms. The van der Waals surface area contributed by atoms with Crippen LogP contribution in [0.5, 0.6) is 0 Å². The number of ether oxygens (including phenoxy) is 1. The molecule has 1 N–H and O–H groups in total. The number of hydrogen-bond donors (Lipinski definition) is 1. The zero-order valence-electron chi connectivity index (χ0n) is 14.9. The molecule has 2 atom stereocenters. The van der Waals surface area contributed by atoms with Gasteiger partial charge >= 0.3 is 5.97 Å². The van der Waals surface area contributed by atoms with Crippen molar-refractivity contribution in [2.24, 2.45) is 11.3 Å². The molecule has 3 nitrogen and oxygen atoms in total. The molecule has 0 amide bonds. The van der Waals surface area contributed by atoms with Gasteiger partial charge in [-0.05, 0) is 48.6 Å². The van der Waals surface area contributed by atoms with Crippen LogP contribution in [0.1, 0.15) is 25.4 Å². The van der Waals surface area contributed by atoms with E-state index >= 15 is 0 Å². The quantitative estimate of drug-likeness (QED) is 0.498. The van der Waals surface area contributed by atoms with Gasteiger partial charge in [0, 0.05) is 19.6 Å². The Morgan fingerprint density at radius 1 is 1.22 bits per heavy atom. The Morgan fingerprint density at radius 2 is 2.00 bits per heavy atom. The first kappa shape index (κ1) is 18.4. The zero-order chi connectivity index (χ0) is 19.0. The fourth-order valence-corrected chi connectivity index (χ4v) is 4.64. The molecule has 2 aliphatic rings. The third-order valence-corrected chi connectivity index (χ3v) is 6.55. The molecular weight excluding hydrogens is 381 g/mol. The van der Waals surface area contributed by atoms with Crippen molar-refractivity contribution < 1.29 is 11.0 Å². The zero-order valence-corrected chi connectivity index (χ0v) is 16.4. The second kappa shape index (κ2) is 7.21. The number of benzene rings is 2. The maximum Gasteiger partial charge on any atom is 0.313 e. The van der Waals surface area contributed by atoms with Gasteiger partial charge in [-0.25, -0.2) is 0 Å². The van der Waals surface area contributed by atoms with Gasteiger partial charge in [-0.15, -0.1) is 0 Å². The summed E-state index contributed by atoms with van der Waals surface area (Å²) < 4.78 is 5.36. The Hall–Kier alpha value is -1.97. The average Bonchev–Trinajstić information content (AvgIpc) is 3.12. The van der Waals surface area contributed by atoms with E-state index in [-0.39, 0.29) is 13.3 Å². The van der Waals surface area contributed by atoms with Gasteiger partial charge in [0.2, 0.25) is 0 Å². The molecule has 1 aliphatic carbocycles. The van der Waals surface area contributed by atoms with Crippen LogP contribution in [0.3, 0.4) is 0 Å². The van der Waals surface area contributed by atoms with Crippen LogP contribution < -0.4 is 5.32 Å². The van der Waals surface area contributed by atoms with E-state index in [0.717, 1.165) is 35.2 Å². The molecule has 1 saturated carbocycles. The minimum atomic E-state index is -0.416. The molecule has 1 saturated heterocycles. The van der Waals surface area contributed by atoms with Crippen LogP contribution in [0, 0.1) is 11.3 Å². The monoisotopic (exact) mass is 403 g/mol. The Balaban J connectivity index is 0.00000225. The smallest absolute Gasteiger partial charge is 0.313 e. The van der Waals surface area contributed by atoms with Crippen molar-refractivity contribution in [2.75, 3.05) is 11.9 Å². The lowest BCUT2D eigenvalue weighted by Gasteiger charge is -2.24. The lowest BCUT2D eigenvalue weighted by Crippen LogP contribution is -2.31. The van der Waals surface area contributed by atoms with Gasteiger partial charge in [0.15, 0.2) is 0 Å². The molecule has 27 heavy (non-hydrogen) atoms. The van der Waals surface area contributed by atoms with Crippen LogP contribution in [-0.4, -0.2) is 12.6 Å². The summed E-state index contributed by atoms with van der Waals surface area (Å²) in [5.74, 6) is 0.198. The minimum Gasteiger partial charge on any atom is -0.465 e.